The van der Waals surface area contributed by atoms with Crippen LogP contribution in [0.4, 0.5) is 5.69 Å². The molecule has 2 aromatic carbocycles. The SMILES string of the molecule is CCCCCOc1ccccc1NCc1ccccc1C. The fourth-order valence-corrected chi connectivity index (χ4v) is 2.27. The van der Waals surface area contributed by atoms with Crippen LogP contribution in [0, 0.1) is 6.92 Å². The molecule has 2 aromatic rings. The first kappa shape index (κ1) is 15.4. The van der Waals surface area contributed by atoms with Gasteiger partial charge in [-0.1, -0.05) is 56.2 Å². The number of ether oxygens (including phenoxy) is 1. The van der Waals surface area contributed by atoms with Gasteiger partial charge in [0.15, 0.2) is 0 Å². The molecule has 0 spiro atoms. The van der Waals surface area contributed by atoms with Crippen molar-refractivity contribution in [2.24, 2.45) is 0 Å². The molecular weight excluding hydrogens is 258 g/mol. The molecule has 0 saturated heterocycles. The number of hydrogen-bond donors (Lipinski definition) is 1. The Bertz CT molecular complexity index is 551. The number of unbranched alkanes of at least 4 members (excludes halogenated alkanes) is 2. The van der Waals surface area contributed by atoms with Gasteiger partial charge in [-0.3, -0.25) is 0 Å². The van der Waals surface area contributed by atoms with Gasteiger partial charge < -0.3 is 10.1 Å². The largest absolute Gasteiger partial charge is 0.491 e. The van der Waals surface area contributed by atoms with Crippen molar-refractivity contribution in [3.05, 3.63) is 59.7 Å². The lowest BCUT2D eigenvalue weighted by Crippen LogP contribution is -2.04. The van der Waals surface area contributed by atoms with E-state index in [2.05, 4.69) is 49.5 Å². The van der Waals surface area contributed by atoms with Gasteiger partial charge >= 0.3 is 0 Å². The van der Waals surface area contributed by atoms with Crippen molar-refractivity contribution in [3.63, 3.8) is 0 Å². The van der Waals surface area contributed by atoms with Crippen LogP contribution < -0.4 is 10.1 Å². The first-order valence-electron chi connectivity index (χ1n) is 7.81. The van der Waals surface area contributed by atoms with E-state index >= 15 is 0 Å². The van der Waals surface area contributed by atoms with Crippen LogP contribution in [0.2, 0.25) is 0 Å². The minimum Gasteiger partial charge on any atom is -0.491 e. The van der Waals surface area contributed by atoms with Gasteiger partial charge in [-0.2, -0.15) is 0 Å². The molecule has 0 saturated carbocycles. The van der Waals surface area contributed by atoms with Crippen LogP contribution in [0.25, 0.3) is 0 Å². The third-order valence-electron chi connectivity index (χ3n) is 3.62. The second kappa shape index (κ2) is 8.35. The van der Waals surface area contributed by atoms with Gasteiger partial charge in [-0.15, -0.1) is 0 Å². The van der Waals surface area contributed by atoms with Gasteiger partial charge in [0.05, 0.1) is 12.3 Å². The van der Waals surface area contributed by atoms with Gasteiger partial charge in [-0.25, -0.2) is 0 Å². The number of para-hydroxylation sites is 2. The Morgan fingerprint density at radius 1 is 0.952 bits per heavy atom. The number of rotatable bonds is 8. The molecule has 2 rings (SSSR count). The van der Waals surface area contributed by atoms with E-state index in [0.29, 0.717) is 0 Å². The summed E-state index contributed by atoms with van der Waals surface area (Å²) in [5, 5.41) is 3.49. The number of anilines is 1. The van der Waals surface area contributed by atoms with Crippen LogP contribution in [-0.4, -0.2) is 6.61 Å². The summed E-state index contributed by atoms with van der Waals surface area (Å²) in [5.41, 5.74) is 3.70. The summed E-state index contributed by atoms with van der Waals surface area (Å²) < 4.78 is 5.90. The lowest BCUT2D eigenvalue weighted by molar-refractivity contribution is 0.307. The van der Waals surface area contributed by atoms with E-state index in [9.17, 15) is 0 Å². The number of aryl methyl sites for hydroxylation is 1. The lowest BCUT2D eigenvalue weighted by Gasteiger charge is -2.14. The highest BCUT2D eigenvalue weighted by Gasteiger charge is 2.03. The average molecular weight is 283 g/mol. The molecule has 0 aromatic heterocycles. The van der Waals surface area contributed by atoms with E-state index in [4.69, 9.17) is 4.74 Å². The van der Waals surface area contributed by atoms with E-state index in [1.54, 1.807) is 0 Å². The Balaban J connectivity index is 1.95. The zero-order valence-electron chi connectivity index (χ0n) is 13.1. The van der Waals surface area contributed by atoms with Gasteiger partial charge in [0.2, 0.25) is 0 Å². The Morgan fingerprint density at radius 3 is 2.52 bits per heavy atom. The maximum atomic E-state index is 5.90. The second-order valence-electron chi connectivity index (χ2n) is 5.33. The molecule has 0 radical (unpaired) electrons. The zero-order chi connectivity index (χ0) is 14.9. The van der Waals surface area contributed by atoms with Gasteiger partial charge in [0.1, 0.15) is 5.75 Å². The van der Waals surface area contributed by atoms with Crippen molar-refractivity contribution in [1.82, 2.24) is 0 Å². The molecule has 0 aliphatic rings. The number of hydrogen-bond acceptors (Lipinski definition) is 2. The molecule has 0 unspecified atom stereocenters. The van der Waals surface area contributed by atoms with Crippen LogP contribution in [-0.2, 0) is 6.54 Å². The summed E-state index contributed by atoms with van der Waals surface area (Å²) >= 11 is 0. The molecule has 21 heavy (non-hydrogen) atoms. The Morgan fingerprint density at radius 2 is 1.71 bits per heavy atom. The van der Waals surface area contributed by atoms with Crippen molar-refractivity contribution in [2.75, 3.05) is 11.9 Å². The predicted molar refractivity (Wildman–Crippen MR) is 90.0 cm³/mol. The molecule has 0 atom stereocenters. The third kappa shape index (κ3) is 4.82. The van der Waals surface area contributed by atoms with E-state index in [0.717, 1.165) is 31.0 Å². The first-order chi connectivity index (χ1) is 10.3. The standard InChI is InChI=1S/C19H25NO/c1-3-4-9-14-21-19-13-8-7-12-18(19)20-15-17-11-6-5-10-16(17)2/h5-8,10-13,20H,3-4,9,14-15H2,1-2H3. The van der Waals surface area contributed by atoms with Crippen molar-refractivity contribution >= 4 is 5.69 Å². The fourth-order valence-electron chi connectivity index (χ4n) is 2.27. The minimum absolute atomic E-state index is 0.789. The van der Waals surface area contributed by atoms with Crippen LogP contribution in [0.5, 0.6) is 5.75 Å². The third-order valence-corrected chi connectivity index (χ3v) is 3.62. The molecule has 0 amide bonds. The molecule has 0 aliphatic heterocycles. The summed E-state index contributed by atoms with van der Waals surface area (Å²) in [7, 11) is 0. The maximum absolute atomic E-state index is 5.90. The molecule has 2 heteroatoms. The second-order valence-corrected chi connectivity index (χ2v) is 5.33. The summed E-state index contributed by atoms with van der Waals surface area (Å²) in [4.78, 5) is 0. The highest BCUT2D eigenvalue weighted by molar-refractivity contribution is 5.56. The molecule has 112 valence electrons. The van der Waals surface area contributed by atoms with Crippen LogP contribution in [0.15, 0.2) is 48.5 Å². The topological polar surface area (TPSA) is 21.3 Å². The van der Waals surface area contributed by atoms with Gasteiger partial charge in [-0.05, 0) is 36.6 Å². The normalized spacial score (nSPS) is 10.4. The van der Waals surface area contributed by atoms with Crippen molar-refractivity contribution in [1.29, 1.82) is 0 Å². The highest BCUT2D eigenvalue weighted by atomic mass is 16.5. The minimum atomic E-state index is 0.789. The Kier molecular flexibility index (Phi) is 6.14. The summed E-state index contributed by atoms with van der Waals surface area (Å²) in [6.45, 7) is 5.96. The molecule has 0 fully saturated rings. The van der Waals surface area contributed by atoms with E-state index in [-0.39, 0.29) is 0 Å². The van der Waals surface area contributed by atoms with Crippen molar-refractivity contribution in [2.45, 2.75) is 39.7 Å². The molecule has 0 aliphatic carbocycles. The summed E-state index contributed by atoms with van der Waals surface area (Å²) in [6, 6.07) is 16.6. The predicted octanol–water partition coefficient (Wildman–Crippen LogP) is 5.18. The number of nitrogens with one attached hydrogen (secondary N) is 1. The van der Waals surface area contributed by atoms with E-state index in [1.807, 2.05) is 18.2 Å². The van der Waals surface area contributed by atoms with Crippen molar-refractivity contribution in [3.8, 4) is 5.75 Å². The summed E-state index contributed by atoms with van der Waals surface area (Å²) in [6.07, 6.45) is 3.55. The smallest absolute Gasteiger partial charge is 0.142 e. The quantitative estimate of drug-likeness (QED) is 0.674. The van der Waals surface area contributed by atoms with Gasteiger partial charge in [0, 0.05) is 6.54 Å². The molecule has 0 heterocycles. The zero-order valence-corrected chi connectivity index (χ0v) is 13.1. The fraction of sp³-hybridized carbons (Fsp3) is 0.368. The maximum Gasteiger partial charge on any atom is 0.142 e. The van der Waals surface area contributed by atoms with Crippen molar-refractivity contribution < 1.29 is 4.74 Å². The van der Waals surface area contributed by atoms with Crippen LogP contribution in [0.1, 0.15) is 37.3 Å². The van der Waals surface area contributed by atoms with Crippen LogP contribution in [0.3, 0.4) is 0 Å². The Hall–Kier alpha value is -1.96. The van der Waals surface area contributed by atoms with E-state index < -0.39 is 0 Å². The molecule has 0 bridgehead atoms. The average Bonchev–Trinajstić information content (AvgIpc) is 2.52. The van der Waals surface area contributed by atoms with E-state index in [1.165, 1.54) is 24.0 Å². The molecule has 2 nitrogen and oxygen atoms in total. The summed E-state index contributed by atoms with van der Waals surface area (Å²) in [5.74, 6) is 0.946. The first-order valence-corrected chi connectivity index (χ1v) is 7.81. The Labute approximate surface area is 128 Å². The molecular formula is C19H25NO. The highest BCUT2D eigenvalue weighted by Crippen LogP contribution is 2.25. The van der Waals surface area contributed by atoms with Crippen LogP contribution >= 0.6 is 0 Å². The number of benzene rings is 2. The monoisotopic (exact) mass is 283 g/mol. The molecule has 1 N–H and O–H groups in total. The van der Waals surface area contributed by atoms with Gasteiger partial charge in [0.25, 0.3) is 0 Å². The lowest BCUT2D eigenvalue weighted by atomic mass is 10.1.